The van der Waals surface area contributed by atoms with Gasteiger partial charge in [-0.15, -0.1) is 0 Å². The quantitative estimate of drug-likeness (QED) is 0.769. The summed E-state index contributed by atoms with van der Waals surface area (Å²) in [6, 6.07) is 3.77. The average molecular weight is 207 g/mol. The molecule has 3 N–H and O–H groups in total. The summed E-state index contributed by atoms with van der Waals surface area (Å²) in [4.78, 5) is 15.5. The van der Waals surface area contributed by atoms with Crippen LogP contribution >= 0.6 is 0 Å². The van der Waals surface area contributed by atoms with Crippen LogP contribution < -0.4 is 11.1 Å². The van der Waals surface area contributed by atoms with Crippen molar-refractivity contribution in [1.29, 1.82) is 0 Å². The number of carbonyl (C=O) groups is 1. The second kappa shape index (κ2) is 5.46. The maximum absolute atomic E-state index is 11.6. The fourth-order valence-electron chi connectivity index (χ4n) is 1.20. The van der Waals surface area contributed by atoms with Crippen molar-refractivity contribution in [3.05, 3.63) is 30.1 Å². The van der Waals surface area contributed by atoms with E-state index < -0.39 is 0 Å². The van der Waals surface area contributed by atoms with Crippen LogP contribution in [0.1, 0.15) is 25.5 Å². The number of aromatic nitrogens is 1. The predicted molar refractivity (Wildman–Crippen MR) is 59.0 cm³/mol. The third-order valence-corrected chi connectivity index (χ3v) is 2.37. The molecule has 0 saturated heterocycles. The zero-order valence-electron chi connectivity index (χ0n) is 9.10. The smallest absolute Gasteiger partial charge is 0.224 e. The Kier molecular flexibility index (Phi) is 4.24. The number of amides is 1. The summed E-state index contributed by atoms with van der Waals surface area (Å²) in [6.45, 7) is 4.12. The van der Waals surface area contributed by atoms with Crippen LogP contribution in [0.3, 0.4) is 0 Å². The normalized spacial score (nSPS) is 14.3. The van der Waals surface area contributed by atoms with Crippen LogP contribution in [0.15, 0.2) is 24.5 Å². The van der Waals surface area contributed by atoms with E-state index in [1.54, 1.807) is 12.4 Å². The molecule has 1 aromatic rings. The van der Waals surface area contributed by atoms with Crippen molar-refractivity contribution in [3.63, 3.8) is 0 Å². The molecule has 1 rings (SSSR count). The van der Waals surface area contributed by atoms with E-state index in [4.69, 9.17) is 5.73 Å². The van der Waals surface area contributed by atoms with Gasteiger partial charge in [-0.25, -0.2) is 0 Å². The highest BCUT2D eigenvalue weighted by atomic mass is 16.1. The van der Waals surface area contributed by atoms with Crippen LogP contribution in [0.5, 0.6) is 0 Å². The molecule has 15 heavy (non-hydrogen) atoms. The Balaban J connectivity index is 2.56. The maximum Gasteiger partial charge on any atom is 0.224 e. The van der Waals surface area contributed by atoms with E-state index in [2.05, 4.69) is 10.3 Å². The highest BCUT2D eigenvalue weighted by Crippen LogP contribution is 2.10. The van der Waals surface area contributed by atoms with Gasteiger partial charge in [-0.2, -0.15) is 0 Å². The largest absolute Gasteiger partial charge is 0.349 e. The van der Waals surface area contributed by atoms with E-state index in [0.717, 1.165) is 5.56 Å². The minimum Gasteiger partial charge on any atom is -0.349 e. The summed E-state index contributed by atoms with van der Waals surface area (Å²) < 4.78 is 0. The summed E-state index contributed by atoms with van der Waals surface area (Å²) in [5, 5.41) is 2.90. The number of nitrogens with two attached hydrogens (primary N) is 1. The zero-order valence-corrected chi connectivity index (χ0v) is 9.10. The van der Waals surface area contributed by atoms with Gasteiger partial charge in [0, 0.05) is 24.9 Å². The van der Waals surface area contributed by atoms with Gasteiger partial charge >= 0.3 is 0 Å². The molecule has 0 aliphatic rings. The lowest BCUT2D eigenvalue weighted by Crippen LogP contribution is -2.34. The molecule has 0 saturated carbocycles. The molecule has 82 valence electrons. The second-order valence-corrected chi connectivity index (χ2v) is 3.65. The Morgan fingerprint density at radius 2 is 2.07 bits per heavy atom. The number of nitrogens with one attached hydrogen (secondary N) is 1. The first kappa shape index (κ1) is 11.7. The highest BCUT2D eigenvalue weighted by Gasteiger charge is 2.14. The minimum atomic E-state index is -0.144. The van der Waals surface area contributed by atoms with E-state index in [9.17, 15) is 4.79 Å². The van der Waals surface area contributed by atoms with Gasteiger partial charge in [0.2, 0.25) is 5.91 Å². The minimum absolute atomic E-state index is 0.00509. The van der Waals surface area contributed by atoms with Gasteiger partial charge < -0.3 is 11.1 Å². The zero-order chi connectivity index (χ0) is 11.3. The Labute approximate surface area is 89.9 Å². The van der Waals surface area contributed by atoms with Crippen LogP contribution in [-0.2, 0) is 4.79 Å². The molecule has 0 aliphatic carbocycles. The molecule has 2 atom stereocenters. The maximum atomic E-state index is 11.6. The van der Waals surface area contributed by atoms with Crippen molar-refractivity contribution in [2.75, 3.05) is 6.54 Å². The first-order valence-corrected chi connectivity index (χ1v) is 5.05. The first-order valence-electron chi connectivity index (χ1n) is 5.05. The van der Waals surface area contributed by atoms with Gasteiger partial charge in [-0.3, -0.25) is 9.78 Å². The molecule has 0 radical (unpaired) electrons. The summed E-state index contributed by atoms with van der Waals surface area (Å²) in [5.41, 5.74) is 6.46. The molecule has 4 heteroatoms. The number of hydrogen-bond donors (Lipinski definition) is 2. The molecule has 4 nitrogen and oxygen atoms in total. The van der Waals surface area contributed by atoms with E-state index in [0.29, 0.717) is 6.54 Å². The number of rotatable bonds is 4. The van der Waals surface area contributed by atoms with Crippen LogP contribution in [0.2, 0.25) is 0 Å². The third-order valence-electron chi connectivity index (χ3n) is 2.37. The molecule has 0 bridgehead atoms. The lowest BCUT2D eigenvalue weighted by atomic mass is 10.1. The topological polar surface area (TPSA) is 68.0 Å². The molecule has 0 aliphatic heterocycles. The molecule has 1 heterocycles. The van der Waals surface area contributed by atoms with Gasteiger partial charge in [-0.1, -0.05) is 6.92 Å². The fraction of sp³-hybridized carbons (Fsp3) is 0.455. The predicted octanol–water partition coefficient (Wildman–Crippen LogP) is 0.854. The van der Waals surface area contributed by atoms with Crippen LogP contribution in [0, 0.1) is 5.92 Å². The van der Waals surface area contributed by atoms with Crippen LogP contribution in [0.25, 0.3) is 0 Å². The molecular formula is C11H17N3O. The first-order chi connectivity index (χ1) is 7.15. The molecular weight excluding hydrogens is 190 g/mol. The number of pyridine rings is 1. The summed E-state index contributed by atoms with van der Waals surface area (Å²) in [6.07, 6.45) is 3.43. The molecule has 0 spiro atoms. The average Bonchev–Trinajstić information content (AvgIpc) is 2.29. The van der Waals surface area contributed by atoms with E-state index in [1.165, 1.54) is 0 Å². The van der Waals surface area contributed by atoms with Crippen molar-refractivity contribution in [3.8, 4) is 0 Å². The lowest BCUT2D eigenvalue weighted by Gasteiger charge is -2.16. The number of nitrogens with zero attached hydrogens (tertiary/aromatic N) is 1. The molecule has 0 fully saturated rings. The lowest BCUT2D eigenvalue weighted by molar-refractivity contribution is -0.124. The van der Waals surface area contributed by atoms with Gasteiger partial charge in [0.15, 0.2) is 0 Å². The molecule has 0 aromatic carbocycles. The SMILES string of the molecule is CC(CN)C(=O)NC(C)c1ccncc1. The van der Waals surface area contributed by atoms with Gasteiger partial charge in [0.25, 0.3) is 0 Å². The van der Waals surface area contributed by atoms with Crippen molar-refractivity contribution in [1.82, 2.24) is 10.3 Å². The monoisotopic (exact) mass is 207 g/mol. The Morgan fingerprint density at radius 1 is 1.47 bits per heavy atom. The van der Waals surface area contributed by atoms with Crippen molar-refractivity contribution >= 4 is 5.91 Å². The van der Waals surface area contributed by atoms with Crippen LogP contribution in [-0.4, -0.2) is 17.4 Å². The molecule has 1 aromatic heterocycles. The fourth-order valence-corrected chi connectivity index (χ4v) is 1.20. The van der Waals surface area contributed by atoms with Gasteiger partial charge in [0.05, 0.1) is 6.04 Å². The third kappa shape index (κ3) is 3.32. The molecule has 2 unspecified atom stereocenters. The van der Waals surface area contributed by atoms with Crippen molar-refractivity contribution in [2.45, 2.75) is 19.9 Å². The van der Waals surface area contributed by atoms with E-state index in [1.807, 2.05) is 26.0 Å². The van der Waals surface area contributed by atoms with E-state index >= 15 is 0 Å². The second-order valence-electron chi connectivity index (χ2n) is 3.65. The number of carbonyl (C=O) groups excluding carboxylic acids is 1. The van der Waals surface area contributed by atoms with Crippen molar-refractivity contribution in [2.24, 2.45) is 11.7 Å². The molecule has 1 amide bonds. The standard InChI is InChI=1S/C11H17N3O/c1-8(7-12)11(15)14-9(2)10-3-5-13-6-4-10/h3-6,8-9H,7,12H2,1-2H3,(H,14,15). The van der Waals surface area contributed by atoms with Gasteiger partial charge in [0.1, 0.15) is 0 Å². The number of hydrogen-bond acceptors (Lipinski definition) is 3. The van der Waals surface area contributed by atoms with E-state index in [-0.39, 0.29) is 17.9 Å². The summed E-state index contributed by atoms with van der Waals surface area (Å²) in [5.74, 6) is -0.156. The highest BCUT2D eigenvalue weighted by molar-refractivity contribution is 5.78. The summed E-state index contributed by atoms with van der Waals surface area (Å²) in [7, 11) is 0. The van der Waals surface area contributed by atoms with Crippen molar-refractivity contribution < 1.29 is 4.79 Å². The van der Waals surface area contributed by atoms with Gasteiger partial charge in [-0.05, 0) is 24.6 Å². The Bertz CT molecular complexity index is 313. The Hall–Kier alpha value is -1.42. The Morgan fingerprint density at radius 3 is 2.60 bits per heavy atom. The summed E-state index contributed by atoms with van der Waals surface area (Å²) >= 11 is 0. The van der Waals surface area contributed by atoms with Crippen LogP contribution in [0.4, 0.5) is 0 Å².